The van der Waals surface area contributed by atoms with Gasteiger partial charge in [0.25, 0.3) is 0 Å². The zero-order valence-corrected chi connectivity index (χ0v) is 16.3. The summed E-state index contributed by atoms with van der Waals surface area (Å²) in [4.78, 5) is 7.33. The van der Waals surface area contributed by atoms with Crippen LogP contribution < -0.4 is 0 Å². The van der Waals surface area contributed by atoms with E-state index >= 15 is 0 Å². The summed E-state index contributed by atoms with van der Waals surface area (Å²) in [6.07, 6.45) is -4.79. The van der Waals surface area contributed by atoms with E-state index in [1.54, 1.807) is 18.0 Å². The Bertz CT molecular complexity index is 988. The Hall–Kier alpha value is -2.03. The van der Waals surface area contributed by atoms with E-state index in [9.17, 15) is 13.2 Å². The third-order valence-corrected chi connectivity index (χ3v) is 5.72. The lowest BCUT2D eigenvalue weighted by atomic mass is 10.0. The Morgan fingerprint density at radius 1 is 1.21 bits per heavy atom. The number of aryl methyl sites for hydroxylation is 1. The fourth-order valence-corrected chi connectivity index (χ4v) is 4.40. The molecule has 28 heavy (non-hydrogen) atoms. The average molecular weight is 407 g/mol. The molecule has 0 unspecified atom stereocenters. The Labute approximate surface area is 165 Å². The normalized spacial score (nSPS) is 21.3. The highest BCUT2D eigenvalue weighted by Crippen LogP contribution is 2.32. The zero-order valence-electron chi connectivity index (χ0n) is 15.5. The van der Waals surface area contributed by atoms with E-state index < -0.39 is 18.4 Å². The van der Waals surface area contributed by atoms with Crippen LogP contribution in [0.3, 0.4) is 0 Å². The highest BCUT2D eigenvalue weighted by molar-refractivity contribution is 7.09. The van der Waals surface area contributed by atoms with Gasteiger partial charge in [-0.25, -0.2) is 0 Å². The highest BCUT2D eigenvalue weighted by Gasteiger charge is 2.44. The molecule has 8 heteroatoms. The summed E-state index contributed by atoms with van der Waals surface area (Å²) in [7, 11) is 0. The Morgan fingerprint density at radius 2 is 2.04 bits per heavy atom. The van der Waals surface area contributed by atoms with Crippen molar-refractivity contribution in [1.29, 1.82) is 0 Å². The Kier molecular flexibility index (Phi) is 5.11. The molecule has 1 aromatic carbocycles. The maximum absolute atomic E-state index is 13.1. The molecule has 0 spiro atoms. The van der Waals surface area contributed by atoms with Crippen LogP contribution in [0.25, 0.3) is 21.3 Å². The van der Waals surface area contributed by atoms with Crippen molar-refractivity contribution in [3.05, 3.63) is 47.8 Å². The maximum Gasteiger partial charge on any atom is 0.415 e. The smallest absolute Gasteiger partial charge is 0.363 e. The van der Waals surface area contributed by atoms with Gasteiger partial charge in [0.05, 0.1) is 22.2 Å². The second-order valence-electron chi connectivity index (χ2n) is 7.21. The van der Waals surface area contributed by atoms with Crippen LogP contribution in [0.4, 0.5) is 13.2 Å². The third-order valence-electron chi connectivity index (χ3n) is 4.81. The fourth-order valence-electron chi connectivity index (χ4n) is 3.60. The minimum Gasteiger partial charge on any atom is -0.363 e. The van der Waals surface area contributed by atoms with Crippen molar-refractivity contribution in [3.63, 3.8) is 0 Å². The first kappa shape index (κ1) is 19.3. The number of pyridine rings is 1. The highest BCUT2D eigenvalue weighted by atomic mass is 32.1. The van der Waals surface area contributed by atoms with E-state index in [-0.39, 0.29) is 6.54 Å². The molecule has 1 aliphatic heterocycles. The maximum atomic E-state index is 13.1. The van der Waals surface area contributed by atoms with Gasteiger partial charge < -0.3 is 4.74 Å². The lowest BCUT2D eigenvalue weighted by molar-refractivity contribution is -0.252. The van der Waals surface area contributed by atoms with E-state index in [1.807, 2.05) is 37.3 Å². The monoisotopic (exact) mass is 407 g/mol. The number of halogens is 3. The molecule has 3 aromatic rings. The number of morpholine rings is 1. The number of rotatable bonds is 3. The van der Waals surface area contributed by atoms with E-state index in [4.69, 9.17) is 4.74 Å². The van der Waals surface area contributed by atoms with E-state index in [1.165, 1.54) is 11.5 Å². The van der Waals surface area contributed by atoms with E-state index in [0.717, 1.165) is 32.6 Å². The molecule has 0 N–H and O–H groups in total. The van der Waals surface area contributed by atoms with E-state index in [2.05, 4.69) is 9.36 Å². The number of hydrogen-bond donors (Lipinski definition) is 0. The van der Waals surface area contributed by atoms with Crippen molar-refractivity contribution in [2.24, 2.45) is 0 Å². The summed E-state index contributed by atoms with van der Waals surface area (Å²) in [5, 5.41) is 1.01. The standard InChI is InChI=1S/C20H20F3N3OS/c1-12-7-18(28-25-12)16-5-6-24-17-8-14(3-4-15(16)17)10-26-9-13(2)27-19(11-26)20(21,22)23/h3-8,13,19H,9-11H2,1-2H3/t13-,19-/m1/s1. The van der Waals surface area contributed by atoms with Crippen molar-refractivity contribution in [2.45, 2.75) is 38.8 Å². The van der Waals surface area contributed by atoms with Crippen molar-refractivity contribution < 1.29 is 17.9 Å². The second kappa shape index (κ2) is 7.42. The van der Waals surface area contributed by atoms with Gasteiger partial charge in [0.1, 0.15) is 0 Å². The minimum atomic E-state index is -4.35. The van der Waals surface area contributed by atoms with Gasteiger partial charge in [-0.3, -0.25) is 9.88 Å². The van der Waals surface area contributed by atoms with Crippen molar-refractivity contribution in [1.82, 2.24) is 14.3 Å². The molecule has 0 aliphatic carbocycles. The molecule has 4 rings (SSSR count). The average Bonchev–Trinajstić information content (AvgIpc) is 3.06. The molecule has 148 valence electrons. The summed E-state index contributed by atoms with van der Waals surface area (Å²) < 4.78 is 48.6. The molecular formula is C20H20F3N3OS. The number of aromatic nitrogens is 2. The van der Waals surface area contributed by atoms with E-state index in [0.29, 0.717) is 13.1 Å². The molecule has 1 saturated heterocycles. The number of alkyl halides is 3. The number of fused-ring (bicyclic) bond motifs is 1. The first-order valence-corrected chi connectivity index (χ1v) is 9.83. The number of hydrogen-bond acceptors (Lipinski definition) is 5. The number of ether oxygens (including phenoxy) is 1. The quantitative estimate of drug-likeness (QED) is 0.624. The third kappa shape index (κ3) is 4.04. The number of nitrogens with zero attached hydrogens (tertiary/aromatic N) is 3. The molecule has 4 nitrogen and oxygen atoms in total. The van der Waals surface area contributed by atoms with Gasteiger partial charge in [-0.1, -0.05) is 12.1 Å². The molecule has 1 fully saturated rings. The minimum absolute atomic E-state index is 0.153. The topological polar surface area (TPSA) is 38.2 Å². The van der Waals surface area contributed by atoms with Crippen LogP contribution in [0.5, 0.6) is 0 Å². The van der Waals surface area contributed by atoms with Gasteiger partial charge in [-0.05, 0) is 49.1 Å². The van der Waals surface area contributed by atoms with Crippen LogP contribution in [0.1, 0.15) is 18.2 Å². The molecular weight excluding hydrogens is 387 g/mol. The van der Waals surface area contributed by atoms with Gasteiger partial charge in [-0.15, -0.1) is 0 Å². The summed E-state index contributed by atoms with van der Waals surface area (Å²) in [6.45, 7) is 4.38. The predicted octanol–water partition coefficient (Wildman–Crippen LogP) is 4.82. The first-order valence-electron chi connectivity index (χ1n) is 9.05. The summed E-state index contributed by atoms with van der Waals surface area (Å²) >= 11 is 1.45. The van der Waals surface area contributed by atoms with Gasteiger partial charge in [0.2, 0.25) is 0 Å². The fraction of sp³-hybridized carbons (Fsp3) is 0.400. The van der Waals surface area contributed by atoms with Crippen LogP contribution in [-0.4, -0.2) is 45.7 Å². The summed E-state index contributed by atoms with van der Waals surface area (Å²) in [5.74, 6) is 0. The summed E-state index contributed by atoms with van der Waals surface area (Å²) in [5.41, 5.74) is 3.81. The van der Waals surface area contributed by atoms with Crippen molar-refractivity contribution in [2.75, 3.05) is 13.1 Å². The van der Waals surface area contributed by atoms with Gasteiger partial charge in [0.15, 0.2) is 6.10 Å². The molecule has 2 aromatic heterocycles. The Morgan fingerprint density at radius 3 is 2.75 bits per heavy atom. The molecule has 0 amide bonds. The molecule has 0 radical (unpaired) electrons. The lowest BCUT2D eigenvalue weighted by Gasteiger charge is -2.37. The lowest BCUT2D eigenvalue weighted by Crippen LogP contribution is -2.51. The van der Waals surface area contributed by atoms with Crippen LogP contribution in [0.2, 0.25) is 0 Å². The van der Waals surface area contributed by atoms with Gasteiger partial charge in [-0.2, -0.15) is 17.5 Å². The van der Waals surface area contributed by atoms with Crippen LogP contribution >= 0.6 is 11.5 Å². The number of benzene rings is 1. The van der Waals surface area contributed by atoms with Crippen LogP contribution in [0, 0.1) is 6.92 Å². The first-order chi connectivity index (χ1) is 13.3. The second-order valence-corrected chi connectivity index (χ2v) is 8.02. The molecule has 2 atom stereocenters. The molecule has 0 saturated carbocycles. The largest absolute Gasteiger partial charge is 0.415 e. The van der Waals surface area contributed by atoms with Gasteiger partial charge >= 0.3 is 6.18 Å². The SMILES string of the molecule is Cc1cc(-c2ccnc3cc(CN4C[C@@H](C)O[C@@H](C(F)(F)F)C4)ccc23)sn1. The van der Waals surface area contributed by atoms with Crippen molar-refractivity contribution in [3.8, 4) is 10.4 Å². The molecule has 1 aliphatic rings. The molecule has 3 heterocycles. The predicted molar refractivity (Wildman–Crippen MR) is 103 cm³/mol. The Balaban J connectivity index is 1.58. The zero-order chi connectivity index (χ0) is 19.9. The molecule has 0 bridgehead atoms. The van der Waals surface area contributed by atoms with Crippen LogP contribution in [-0.2, 0) is 11.3 Å². The van der Waals surface area contributed by atoms with Crippen molar-refractivity contribution >= 4 is 22.4 Å². The summed E-state index contributed by atoms with van der Waals surface area (Å²) in [6, 6.07) is 9.92. The van der Waals surface area contributed by atoms with Crippen LogP contribution in [0.15, 0.2) is 36.5 Å². The van der Waals surface area contributed by atoms with Gasteiger partial charge in [0, 0.05) is 36.8 Å².